The van der Waals surface area contributed by atoms with E-state index in [0.717, 1.165) is 16.6 Å². The molecule has 0 unspecified atom stereocenters. The average Bonchev–Trinajstić information content (AvgIpc) is 3.16. The second-order valence-electron chi connectivity index (χ2n) is 7.36. The van der Waals surface area contributed by atoms with Gasteiger partial charge in [-0.05, 0) is 18.2 Å². The predicted octanol–water partition coefficient (Wildman–Crippen LogP) is 3.12. The van der Waals surface area contributed by atoms with Crippen LogP contribution < -0.4 is 15.0 Å². The molecule has 0 bridgehead atoms. The quantitative estimate of drug-likeness (QED) is 0.308. The number of aromatic nitrogens is 4. The number of pyridine rings is 1. The molecule has 0 aliphatic heterocycles. The maximum Gasteiger partial charge on any atom is 0.294 e. The van der Waals surface area contributed by atoms with E-state index in [4.69, 9.17) is 4.74 Å². The van der Waals surface area contributed by atoms with Crippen LogP contribution >= 0.6 is 0 Å². The second-order valence-corrected chi connectivity index (χ2v) is 7.36. The number of aliphatic hydroxyl groups is 1. The van der Waals surface area contributed by atoms with Gasteiger partial charge in [0.05, 0.1) is 30.0 Å². The zero-order valence-electron chi connectivity index (χ0n) is 18.4. The van der Waals surface area contributed by atoms with Crippen LogP contribution in [0.4, 0.5) is 23.0 Å². The van der Waals surface area contributed by atoms with Gasteiger partial charge in [0.15, 0.2) is 0 Å². The third kappa shape index (κ3) is 4.26. The number of benzene rings is 1. The molecule has 0 aliphatic carbocycles. The van der Waals surface area contributed by atoms with E-state index in [0.29, 0.717) is 22.8 Å². The molecular weight excluding hydrogens is 426 g/mol. The topological polar surface area (TPSA) is 131 Å². The van der Waals surface area contributed by atoms with Gasteiger partial charge >= 0.3 is 0 Å². The van der Waals surface area contributed by atoms with Crippen LogP contribution in [0.5, 0.6) is 5.75 Å². The first-order valence-corrected chi connectivity index (χ1v) is 10.1. The lowest BCUT2D eigenvalue weighted by Gasteiger charge is -2.20. The monoisotopic (exact) mass is 449 g/mol. The molecule has 0 fully saturated rings. The molecule has 0 saturated carbocycles. The van der Waals surface area contributed by atoms with Crippen LogP contribution in [0.3, 0.4) is 0 Å². The molecule has 0 aliphatic rings. The number of anilines is 3. The number of aryl methyl sites for hydroxylation is 1. The van der Waals surface area contributed by atoms with E-state index in [1.54, 1.807) is 36.5 Å². The largest absolute Gasteiger partial charge is 0.494 e. The first-order valence-electron chi connectivity index (χ1n) is 10.1. The predicted molar refractivity (Wildman–Crippen MR) is 125 cm³/mol. The Balaban J connectivity index is 1.73. The number of aliphatic hydroxyl groups excluding tert-OH is 1. The van der Waals surface area contributed by atoms with Crippen molar-refractivity contribution in [3.63, 3.8) is 0 Å². The number of ether oxygens (including phenoxy) is 1. The van der Waals surface area contributed by atoms with Crippen molar-refractivity contribution in [1.82, 2.24) is 19.5 Å². The highest BCUT2D eigenvalue weighted by Crippen LogP contribution is 2.39. The lowest BCUT2D eigenvalue weighted by Crippen LogP contribution is -2.22. The Morgan fingerprint density at radius 2 is 2.09 bits per heavy atom. The van der Waals surface area contributed by atoms with Crippen molar-refractivity contribution in [1.29, 1.82) is 0 Å². The van der Waals surface area contributed by atoms with Gasteiger partial charge in [-0.3, -0.25) is 10.1 Å². The lowest BCUT2D eigenvalue weighted by atomic mass is 10.1. The minimum atomic E-state index is -0.478. The number of nitrogens with one attached hydrogen (secondary N) is 1. The number of nitrogens with zero attached hydrogens (tertiary/aromatic N) is 6. The third-order valence-electron chi connectivity index (χ3n) is 5.25. The summed E-state index contributed by atoms with van der Waals surface area (Å²) in [6.07, 6.45) is 5.30. The summed E-state index contributed by atoms with van der Waals surface area (Å²) in [5.74, 6) is 0.640. The number of fused-ring (bicyclic) bond motifs is 1. The first kappa shape index (κ1) is 22.0. The van der Waals surface area contributed by atoms with Crippen LogP contribution in [0.1, 0.15) is 0 Å². The lowest BCUT2D eigenvalue weighted by molar-refractivity contribution is -0.384. The molecule has 1 aromatic carbocycles. The summed E-state index contributed by atoms with van der Waals surface area (Å²) < 4.78 is 7.38. The van der Waals surface area contributed by atoms with Gasteiger partial charge in [0.1, 0.15) is 17.1 Å². The molecule has 3 heterocycles. The third-order valence-corrected chi connectivity index (χ3v) is 5.25. The molecule has 2 N–H and O–H groups in total. The van der Waals surface area contributed by atoms with E-state index < -0.39 is 4.92 Å². The zero-order chi connectivity index (χ0) is 23.5. The molecule has 170 valence electrons. The second kappa shape index (κ2) is 9.09. The molecule has 0 atom stereocenters. The van der Waals surface area contributed by atoms with Crippen molar-refractivity contribution in [2.45, 2.75) is 0 Å². The summed E-state index contributed by atoms with van der Waals surface area (Å²) in [6, 6.07) is 8.56. The summed E-state index contributed by atoms with van der Waals surface area (Å²) in [4.78, 5) is 26.1. The fourth-order valence-corrected chi connectivity index (χ4v) is 3.65. The molecule has 0 saturated heterocycles. The zero-order valence-corrected chi connectivity index (χ0v) is 18.4. The van der Waals surface area contributed by atoms with Gasteiger partial charge in [-0.15, -0.1) is 0 Å². The molecule has 11 nitrogen and oxygen atoms in total. The number of nitro groups is 1. The van der Waals surface area contributed by atoms with Crippen LogP contribution in [0.2, 0.25) is 0 Å². The summed E-state index contributed by atoms with van der Waals surface area (Å²) in [5.41, 5.74) is 2.95. The molecular formula is C22H23N7O4. The fraction of sp³-hybridized carbons (Fsp3) is 0.227. The standard InChI is InChI=1S/C22H23N7O4/c1-27(9-10-30)18-12-20(33-3)17(11-19(18)29(31)32)26-22-24-8-6-16(25-22)15-13-28(2)21-14(15)5-4-7-23-21/h4-8,11-13,30H,9-10H2,1-3H3,(H,24,25,26). The van der Waals surface area contributed by atoms with Crippen LogP contribution in [-0.4, -0.2) is 56.9 Å². The molecule has 11 heteroatoms. The van der Waals surface area contributed by atoms with Gasteiger partial charge in [0, 0.05) is 62.3 Å². The van der Waals surface area contributed by atoms with Crippen molar-refractivity contribution in [2.75, 3.05) is 37.5 Å². The normalized spacial score (nSPS) is 10.9. The Bertz CT molecular complexity index is 1320. The first-order chi connectivity index (χ1) is 15.9. The van der Waals surface area contributed by atoms with Crippen LogP contribution in [0.25, 0.3) is 22.3 Å². The van der Waals surface area contributed by atoms with E-state index in [-0.39, 0.29) is 24.8 Å². The van der Waals surface area contributed by atoms with Crippen LogP contribution in [0.15, 0.2) is 48.9 Å². The minimum Gasteiger partial charge on any atom is -0.494 e. The van der Waals surface area contributed by atoms with Gasteiger partial charge in [-0.1, -0.05) is 0 Å². The highest BCUT2D eigenvalue weighted by atomic mass is 16.6. The van der Waals surface area contributed by atoms with E-state index in [9.17, 15) is 15.2 Å². The van der Waals surface area contributed by atoms with E-state index in [1.807, 2.05) is 29.9 Å². The number of nitro benzene ring substituents is 1. The number of rotatable bonds is 8. The number of hydrogen-bond donors (Lipinski definition) is 2. The smallest absolute Gasteiger partial charge is 0.294 e. The Morgan fingerprint density at radius 3 is 2.82 bits per heavy atom. The highest BCUT2D eigenvalue weighted by molar-refractivity contribution is 5.93. The van der Waals surface area contributed by atoms with Crippen molar-refractivity contribution < 1.29 is 14.8 Å². The molecule has 33 heavy (non-hydrogen) atoms. The Kier molecular flexibility index (Phi) is 6.05. The maximum absolute atomic E-state index is 11.7. The number of likely N-dealkylation sites (N-methyl/N-ethyl adjacent to an activating group) is 1. The molecule has 4 rings (SSSR count). The van der Waals surface area contributed by atoms with Gasteiger partial charge in [-0.25, -0.2) is 15.0 Å². The van der Waals surface area contributed by atoms with E-state index in [1.165, 1.54) is 13.2 Å². The molecule has 3 aromatic heterocycles. The molecule has 0 spiro atoms. The highest BCUT2D eigenvalue weighted by Gasteiger charge is 2.22. The fourth-order valence-electron chi connectivity index (χ4n) is 3.65. The van der Waals surface area contributed by atoms with Gasteiger partial charge < -0.3 is 24.6 Å². The summed E-state index contributed by atoms with van der Waals surface area (Å²) in [5, 5.41) is 24.9. The molecule has 0 amide bonds. The van der Waals surface area contributed by atoms with E-state index >= 15 is 0 Å². The van der Waals surface area contributed by atoms with Crippen molar-refractivity contribution in [3.8, 4) is 17.0 Å². The van der Waals surface area contributed by atoms with Gasteiger partial charge in [0.2, 0.25) is 5.95 Å². The van der Waals surface area contributed by atoms with Crippen LogP contribution in [0, 0.1) is 10.1 Å². The summed E-state index contributed by atoms with van der Waals surface area (Å²) in [7, 11) is 5.05. The number of methoxy groups -OCH3 is 1. The Morgan fingerprint density at radius 1 is 1.27 bits per heavy atom. The van der Waals surface area contributed by atoms with Crippen molar-refractivity contribution in [2.24, 2.45) is 7.05 Å². The number of hydrogen-bond acceptors (Lipinski definition) is 9. The van der Waals surface area contributed by atoms with Gasteiger partial charge in [0.25, 0.3) is 5.69 Å². The maximum atomic E-state index is 11.7. The SMILES string of the molecule is COc1cc(N(C)CCO)c([N+](=O)[O-])cc1Nc1nccc(-c2cn(C)c3ncccc23)n1. The molecule has 0 radical (unpaired) electrons. The van der Waals surface area contributed by atoms with Gasteiger partial charge in [-0.2, -0.15) is 0 Å². The Hall–Kier alpha value is -4.25. The van der Waals surface area contributed by atoms with Crippen LogP contribution in [-0.2, 0) is 7.05 Å². The van der Waals surface area contributed by atoms with E-state index in [2.05, 4.69) is 20.3 Å². The summed E-state index contributed by atoms with van der Waals surface area (Å²) >= 11 is 0. The summed E-state index contributed by atoms with van der Waals surface area (Å²) in [6.45, 7) is 0.0993. The average molecular weight is 449 g/mol. The van der Waals surface area contributed by atoms with Crippen molar-refractivity contribution >= 4 is 34.0 Å². The minimum absolute atomic E-state index is 0.134. The molecule has 4 aromatic rings. The Labute approximate surface area is 189 Å². The van der Waals surface area contributed by atoms with Crippen molar-refractivity contribution in [3.05, 3.63) is 59.0 Å².